The van der Waals surface area contributed by atoms with E-state index in [2.05, 4.69) is 0 Å². The van der Waals surface area contributed by atoms with E-state index in [1.54, 1.807) is 0 Å². The highest BCUT2D eigenvalue weighted by molar-refractivity contribution is 7.46. The summed E-state index contributed by atoms with van der Waals surface area (Å²) in [6, 6.07) is 0. The highest BCUT2D eigenvalue weighted by atomic mass is 31.2. The number of carboxylic acids is 2. The van der Waals surface area contributed by atoms with Crippen molar-refractivity contribution < 1.29 is 38.7 Å². The van der Waals surface area contributed by atoms with E-state index in [4.69, 9.17) is 14.7 Å². The molecule has 0 saturated carbocycles. The molecule has 1 atom stereocenters. The van der Waals surface area contributed by atoms with Crippen LogP contribution in [0.4, 0.5) is 0 Å². The summed E-state index contributed by atoms with van der Waals surface area (Å²) in [5, 5.41) is 17.3. The number of carbonyl (C=O) groups is 2. The Labute approximate surface area is 295 Å². The lowest BCUT2D eigenvalue weighted by Crippen LogP contribution is -2.09. The van der Waals surface area contributed by atoms with Gasteiger partial charge in [0.1, 0.15) is 0 Å². The number of phosphoric ester groups is 1. The Balaban J connectivity index is 3.63. The molecule has 0 radical (unpaired) electrons. The maximum atomic E-state index is 11.3. The highest BCUT2D eigenvalue weighted by Gasteiger charge is 2.18. The molecule has 0 saturated heterocycles. The third kappa shape index (κ3) is 41.2. The monoisotopic (exact) mass is 705 g/mol. The van der Waals surface area contributed by atoms with Gasteiger partial charge < -0.3 is 20.0 Å². The van der Waals surface area contributed by atoms with Crippen molar-refractivity contribution in [2.24, 2.45) is 5.92 Å². The van der Waals surface area contributed by atoms with Gasteiger partial charge >= 0.3 is 19.8 Å². The molecule has 9 heteroatoms. The molecule has 0 aromatic heterocycles. The summed E-state index contributed by atoms with van der Waals surface area (Å²) in [6.07, 6.45) is 40.5. The first-order chi connectivity index (χ1) is 23.2. The molecule has 8 nitrogen and oxygen atoms in total. The van der Waals surface area contributed by atoms with Crippen molar-refractivity contribution in [1.29, 1.82) is 0 Å². The van der Waals surface area contributed by atoms with Crippen LogP contribution < -0.4 is 0 Å². The summed E-state index contributed by atoms with van der Waals surface area (Å²) >= 11 is 0. The average molecular weight is 705 g/mol. The van der Waals surface area contributed by atoms with E-state index in [1.807, 2.05) is 0 Å². The minimum absolute atomic E-state index is 0.168. The second-order valence-electron chi connectivity index (χ2n) is 14.5. The van der Waals surface area contributed by atoms with Gasteiger partial charge in [-0.15, -0.1) is 0 Å². The molecule has 0 amide bonds. The summed E-state index contributed by atoms with van der Waals surface area (Å²) in [6.45, 7) is 0.168. The van der Waals surface area contributed by atoms with Crippen LogP contribution in [0.3, 0.4) is 0 Å². The highest BCUT2D eigenvalue weighted by Crippen LogP contribution is 2.37. The predicted octanol–water partition coefficient (Wildman–Crippen LogP) is 12.5. The standard InChI is InChI=1S/C39H77O8P/c40-38(41)34-30-26-22-18-14-10-6-2-1-4-8-12-16-20-24-28-32-37(36-47-48(44,45)46)33-29-25-21-17-13-9-5-3-7-11-15-19-23-27-31-35-39(42)43/h37H,1-36H2,(H,40,41)(H,42,43)(H2,44,45,46). The van der Waals surface area contributed by atoms with E-state index >= 15 is 0 Å². The van der Waals surface area contributed by atoms with Crippen LogP contribution in [0.2, 0.25) is 0 Å². The third-order valence-corrected chi connectivity index (χ3v) is 10.2. The van der Waals surface area contributed by atoms with Crippen LogP contribution in [0.1, 0.15) is 225 Å². The molecule has 48 heavy (non-hydrogen) atoms. The zero-order valence-corrected chi connectivity index (χ0v) is 31.8. The molecule has 0 spiro atoms. The maximum absolute atomic E-state index is 11.3. The molecular weight excluding hydrogens is 627 g/mol. The Hall–Kier alpha value is -0.950. The zero-order chi connectivity index (χ0) is 35.4. The van der Waals surface area contributed by atoms with Gasteiger partial charge in [0.05, 0.1) is 6.61 Å². The van der Waals surface area contributed by atoms with Crippen LogP contribution in [-0.2, 0) is 18.7 Å². The van der Waals surface area contributed by atoms with Crippen molar-refractivity contribution >= 4 is 19.8 Å². The van der Waals surface area contributed by atoms with Gasteiger partial charge in [0.2, 0.25) is 0 Å². The van der Waals surface area contributed by atoms with Crippen LogP contribution in [0.5, 0.6) is 0 Å². The van der Waals surface area contributed by atoms with Crippen LogP contribution in [0, 0.1) is 5.92 Å². The molecule has 0 aliphatic heterocycles. The van der Waals surface area contributed by atoms with Gasteiger partial charge in [-0.3, -0.25) is 14.1 Å². The van der Waals surface area contributed by atoms with Crippen LogP contribution in [0.25, 0.3) is 0 Å². The Kier molecular flexibility index (Phi) is 35.2. The first-order valence-electron chi connectivity index (χ1n) is 20.3. The summed E-state index contributed by atoms with van der Waals surface area (Å²) in [4.78, 5) is 39.4. The Morgan fingerprint density at radius 3 is 0.812 bits per heavy atom. The number of unbranched alkanes of at least 4 members (excludes halogenated alkanes) is 29. The molecule has 0 aliphatic carbocycles. The first-order valence-corrected chi connectivity index (χ1v) is 21.9. The van der Waals surface area contributed by atoms with Gasteiger partial charge in [-0.25, -0.2) is 4.57 Å². The van der Waals surface area contributed by atoms with Gasteiger partial charge in [0.15, 0.2) is 0 Å². The molecule has 4 N–H and O–H groups in total. The molecule has 0 aliphatic rings. The van der Waals surface area contributed by atoms with Crippen LogP contribution in [-0.4, -0.2) is 38.5 Å². The smallest absolute Gasteiger partial charge is 0.469 e. The van der Waals surface area contributed by atoms with Crippen molar-refractivity contribution in [2.75, 3.05) is 6.61 Å². The molecule has 1 unspecified atom stereocenters. The number of aliphatic carboxylic acids is 2. The van der Waals surface area contributed by atoms with Gasteiger partial charge in [0, 0.05) is 12.8 Å². The quantitative estimate of drug-likeness (QED) is 0.0365. The number of hydrogen-bond acceptors (Lipinski definition) is 4. The van der Waals surface area contributed by atoms with E-state index in [-0.39, 0.29) is 12.5 Å². The van der Waals surface area contributed by atoms with Gasteiger partial charge in [-0.05, 0) is 31.6 Å². The molecule has 0 rings (SSSR count). The van der Waals surface area contributed by atoms with E-state index in [0.29, 0.717) is 12.8 Å². The molecule has 286 valence electrons. The van der Waals surface area contributed by atoms with Crippen molar-refractivity contribution in [3.05, 3.63) is 0 Å². The lowest BCUT2D eigenvalue weighted by Gasteiger charge is -2.17. The normalized spacial score (nSPS) is 12.5. The topological polar surface area (TPSA) is 141 Å². The number of phosphoric acid groups is 1. The summed E-state index contributed by atoms with van der Waals surface area (Å²) in [5.41, 5.74) is 0. The minimum Gasteiger partial charge on any atom is -0.481 e. The predicted molar refractivity (Wildman–Crippen MR) is 198 cm³/mol. The summed E-state index contributed by atoms with van der Waals surface area (Å²) in [7, 11) is -4.41. The lowest BCUT2D eigenvalue weighted by atomic mass is 9.94. The second kappa shape index (κ2) is 35.9. The SMILES string of the molecule is O=C(O)CCCCCCCCCCCCCCCCCCC(CCCCCCCCCCCCCCCCCC(=O)O)COP(=O)(O)O. The van der Waals surface area contributed by atoms with Crippen molar-refractivity contribution in [1.82, 2.24) is 0 Å². The molecule has 0 aromatic carbocycles. The van der Waals surface area contributed by atoms with E-state index in [0.717, 1.165) is 57.8 Å². The minimum atomic E-state index is -4.41. The fraction of sp³-hybridized carbons (Fsp3) is 0.949. The average Bonchev–Trinajstić information content (AvgIpc) is 3.03. The molecular formula is C39H77O8P. The zero-order valence-electron chi connectivity index (χ0n) is 30.9. The molecule has 0 fully saturated rings. The Morgan fingerprint density at radius 2 is 0.604 bits per heavy atom. The van der Waals surface area contributed by atoms with Crippen molar-refractivity contribution in [3.63, 3.8) is 0 Å². The van der Waals surface area contributed by atoms with Crippen molar-refractivity contribution in [3.8, 4) is 0 Å². The van der Waals surface area contributed by atoms with Gasteiger partial charge in [0.25, 0.3) is 0 Å². The summed E-state index contributed by atoms with van der Waals surface area (Å²) in [5.74, 6) is -1.12. The van der Waals surface area contributed by atoms with E-state index < -0.39 is 19.8 Å². The largest absolute Gasteiger partial charge is 0.481 e. The van der Waals surface area contributed by atoms with Crippen LogP contribution in [0.15, 0.2) is 0 Å². The molecule has 0 aromatic rings. The van der Waals surface area contributed by atoms with E-state index in [1.165, 1.54) is 154 Å². The third-order valence-electron chi connectivity index (χ3n) is 9.73. The fourth-order valence-corrected chi connectivity index (χ4v) is 7.11. The number of hydrogen-bond donors (Lipinski definition) is 4. The Bertz CT molecular complexity index is 756. The maximum Gasteiger partial charge on any atom is 0.469 e. The first kappa shape index (κ1) is 47.0. The molecule has 0 bridgehead atoms. The lowest BCUT2D eigenvalue weighted by molar-refractivity contribution is -0.138. The summed E-state index contributed by atoms with van der Waals surface area (Å²) < 4.78 is 16.2. The van der Waals surface area contributed by atoms with Gasteiger partial charge in [-0.2, -0.15) is 0 Å². The van der Waals surface area contributed by atoms with E-state index in [9.17, 15) is 23.9 Å². The van der Waals surface area contributed by atoms with Gasteiger partial charge in [-0.1, -0.05) is 186 Å². The Morgan fingerprint density at radius 1 is 0.396 bits per heavy atom. The number of carboxylic acid groups (broad SMARTS) is 2. The van der Waals surface area contributed by atoms with Crippen LogP contribution >= 0.6 is 7.82 Å². The molecule has 0 heterocycles. The fourth-order valence-electron chi connectivity index (χ4n) is 6.70. The number of rotatable bonds is 40. The second-order valence-corrected chi connectivity index (χ2v) is 15.7. The van der Waals surface area contributed by atoms with Crippen molar-refractivity contribution in [2.45, 2.75) is 225 Å².